The molecule has 0 bridgehead atoms. The summed E-state index contributed by atoms with van der Waals surface area (Å²) in [6, 6.07) is 4.85. The maximum Gasteiger partial charge on any atom is 0.122 e. The molecule has 2 rings (SSSR count). The second kappa shape index (κ2) is 5.93. The van der Waals surface area contributed by atoms with Gasteiger partial charge in [0.15, 0.2) is 0 Å². The fourth-order valence-corrected chi connectivity index (χ4v) is 3.18. The third-order valence-corrected chi connectivity index (χ3v) is 4.13. The fraction of sp³-hybridized carbons (Fsp3) is 0.625. The van der Waals surface area contributed by atoms with E-state index in [2.05, 4.69) is 37.8 Å². The van der Waals surface area contributed by atoms with Crippen molar-refractivity contribution in [3.63, 3.8) is 0 Å². The molecule has 0 spiro atoms. The van der Waals surface area contributed by atoms with Gasteiger partial charge in [0.2, 0.25) is 0 Å². The molecule has 0 saturated carbocycles. The zero-order valence-electron chi connectivity index (χ0n) is 12.6. The second-order valence-corrected chi connectivity index (χ2v) is 5.73. The van der Waals surface area contributed by atoms with Crippen molar-refractivity contribution >= 4 is 0 Å². The van der Waals surface area contributed by atoms with E-state index in [1.807, 2.05) is 0 Å². The summed E-state index contributed by atoms with van der Waals surface area (Å²) in [5, 5.41) is 0. The fourth-order valence-electron chi connectivity index (χ4n) is 3.18. The molecule has 1 aromatic carbocycles. The van der Waals surface area contributed by atoms with Crippen LogP contribution in [0.2, 0.25) is 0 Å². The number of aryl methyl sites for hydroxylation is 2. The molecule has 0 radical (unpaired) electrons. The molecule has 1 saturated heterocycles. The SMILES string of the molecule is COc1cc(C)c(C(C(C)N)N2CCCC2)cc1C. The Kier molecular flexibility index (Phi) is 4.48. The third-order valence-electron chi connectivity index (χ3n) is 4.13. The summed E-state index contributed by atoms with van der Waals surface area (Å²) in [6.45, 7) is 8.70. The van der Waals surface area contributed by atoms with Gasteiger partial charge in [-0.1, -0.05) is 6.07 Å². The number of benzene rings is 1. The molecule has 2 unspecified atom stereocenters. The molecule has 2 atom stereocenters. The van der Waals surface area contributed by atoms with Crippen LogP contribution in [-0.2, 0) is 0 Å². The van der Waals surface area contributed by atoms with Gasteiger partial charge in [0, 0.05) is 12.1 Å². The Morgan fingerprint density at radius 2 is 1.79 bits per heavy atom. The largest absolute Gasteiger partial charge is 0.496 e. The number of rotatable bonds is 4. The molecule has 106 valence electrons. The first-order chi connectivity index (χ1) is 9.04. The summed E-state index contributed by atoms with van der Waals surface area (Å²) in [6.07, 6.45) is 2.58. The average Bonchev–Trinajstić information content (AvgIpc) is 2.86. The lowest BCUT2D eigenvalue weighted by atomic mass is 9.93. The summed E-state index contributed by atoms with van der Waals surface area (Å²) in [5.41, 5.74) is 10.1. The van der Waals surface area contributed by atoms with Gasteiger partial charge in [0.1, 0.15) is 5.75 Å². The molecule has 0 aliphatic carbocycles. The van der Waals surface area contributed by atoms with Crippen LogP contribution in [0, 0.1) is 13.8 Å². The highest BCUT2D eigenvalue weighted by Crippen LogP contribution is 2.33. The first kappa shape index (κ1) is 14.4. The number of ether oxygens (including phenoxy) is 1. The predicted octanol–water partition coefficient (Wildman–Crippen LogP) is 2.80. The third kappa shape index (κ3) is 2.93. The van der Waals surface area contributed by atoms with Crippen LogP contribution in [-0.4, -0.2) is 31.1 Å². The van der Waals surface area contributed by atoms with Gasteiger partial charge in [-0.25, -0.2) is 0 Å². The van der Waals surface area contributed by atoms with Crippen LogP contribution in [0.15, 0.2) is 12.1 Å². The van der Waals surface area contributed by atoms with Gasteiger partial charge in [-0.05, 0) is 69.5 Å². The Balaban J connectivity index is 2.38. The topological polar surface area (TPSA) is 38.5 Å². The van der Waals surface area contributed by atoms with E-state index in [1.54, 1.807) is 7.11 Å². The zero-order valence-corrected chi connectivity index (χ0v) is 12.6. The maximum atomic E-state index is 6.27. The van der Waals surface area contributed by atoms with Gasteiger partial charge in [-0.3, -0.25) is 4.90 Å². The van der Waals surface area contributed by atoms with Gasteiger partial charge in [-0.2, -0.15) is 0 Å². The number of hydrogen-bond donors (Lipinski definition) is 1. The summed E-state index contributed by atoms with van der Waals surface area (Å²) >= 11 is 0. The van der Waals surface area contributed by atoms with E-state index in [4.69, 9.17) is 10.5 Å². The van der Waals surface area contributed by atoms with Crippen molar-refractivity contribution in [3.8, 4) is 5.75 Å². The van der Waals surface area contributed by atoms with E-state index < -0.39 is 0 Å². The van der Waals surface area contributed by atoms with Crippen LogP contribution < -0.4 is 10.5 Å². The lowest BCUT2D eigenvalue weighted by Crippen LogP contribution is -2.38. The summed E-state index contributed by atoms with van der Waals surface area (Å²) < 4.78 is 5.40. The van der Waals surface area contributed by atoms with Crippen molar-refractivity contribution in [1.29, 1.82) is 0 Å². The number of nitrogens with zero attached hydrogens (tertiary/aromatic N) is 1. The van der Waals surface area contributed by atoms with Crippen molar-refractivity contribution in [2.45, 2.75) is 45.7 Å². The van der Waals surface area contributed by atoms with E-state index in [-0.39, 0.29) is 6.04 Å². The standard InChI is InChI=1S/C16H26N2O/c1-11-10-15(19-4)12(2)9-14(11)16(13(3)17)18-7-5-6-8-18/h9-10,13,16H,5-8,17H2,1-4H3. The Bertz CT molecular complexity index is 437. The molecule has 1 aliphatic heterocycles. The Morgan fingerprint density at radius 3 is 2.32 bits per heavy atom. The number of likely N-dealkylation sites (tertiary alicyclic amines) is 1. The van der Waals surface area contributed by atoms with E-state index >= 15 is 0 Å². The van der Waals surface area contributed by atoms with Gasteiger partial charge in [0.05, 0.1) is 7.11 Å². The van der Waals surface area contributed by atoms with Crippen molar-refractivity contribution in [2.75, 3.05) is 20.2 Å². The van der Waals surface area contributed by atoms with Crippen LogP contribution in [0.4, 0.5) is 0 Å². The number of nitrogens with two attached hydrogens (primary N) is 1. The van der Waals surface area contributed by atoms with Gasteiger partial charge in [-0.15, -0.1) is 0 Å². The number of hydrogen-bond acceptors (Lipinski definition) is 3. The van der Waals surface area contributed by atoms with Crippen LogP contribution in [0.5, 0.6) is 5.75 Å². The van der Waals surface area contributed by atoms with E-state index in [0.29, 0.717) is 6.04 Å². The molecule has 1 fully saturated rings. The highest BCUT2D eigenvalue weighted by molar-refractivity contribution is 5.43. The Hall–Kier alpha value is -1.06. The lowest BCUT2D eigenvalue weighted by molar-refractivity contribution is 0.218. The van der Waals surface area contributed by atoms with Crippen molar-refractivity contribution in [3.05, 3.63) is 28.8 Å². The van der Waals surface area contributed by atoms with Gasteiger partial charge in [0.25, 0.3) is 0 Å². The van der Waals surface area contributed by atoms with E-state index in [0.717, 1.165) is 18.8 Å². The molecule has 1 aliphatic rings. The molecule has 1 aromatic rings. The summed E-state index contributed by atoms with van der Waals surface area (Å²) in [5.74, 6) is 0.964. The summed E-state index contributed by atoms with van der Waals surface area (Å²) in [7, 11) is 1.73. The number of methoxy groups -OCH3 is 1. The van der Waals surface area contributed by atoms with Crippen molar-refractivity contribution in [2.24, 2.45) is 5.73 Å². The van der Waals surface area contributed by atoms with E-state index in [9.17, 15) is 0 Å². The maximum absolute atomic E-state index is 6.27. The normalized spacial score (nSPS) is 19.4. The Labute approximate surface area is 116 Å². The molecule has 0 amide bonds. The molecule has 3 nitrogen and oxygen atoms in total. The molecule has 2 N–H and O–H groups in total. The van der Waals surface area contributed by atoms with Crippen LogP contribution >= 0.6 is 0 Å². The van der Waals surface area contributed by atoms with Crippen molar-refractivity contribution < 1.29 is 4.74 Å². The predicted molar refractivity (Wildman–Crippen MR) is 79.7 cm³/mol. The molecule has 19 heavy (non-hydrogen) atoms. The molecule has 0 aromatic heterocycles. The molecular formula is C16H26N2O. The monoisotopic (exact) mass is 262 g/mol. The first-order valence-corrected chi connectivity index (χ1v) is 7.19. The van der Waals surface area contributed by atoms with Crippen LogP contribution in [0.1, 0.15) is 42.5 Å². The minimum atomic E-state index is 0.143. The smallest absolute Gasteiger partial charge is 0.122 e. The van der Waals surface area contributed by atoms with Gasteiger partial charge < -0.3 is 10.5 Å². The minimum Gasteiger partial charge on any atom is -0.496 e. The van der Waals surface area contributed by atoms with Gasteiger partial charge >= 0.3 is 0 Å². The van der Waals surface area contributed by atoms with E-state index in [1.165, 1.54) is 29.5 Å². The Morgan fingerprint density at radius 1 is 1.16 bits per heavy atom. The minimum absolute atomic E-state index is 0.143. The van der Waals surface area contributed by atoms with Crippen LogP contribution in [0.3, 0.4) is 0 Å². The quantitative estimate of drug-likeness (QED) is 0.907. The molecule has 1 heterocycles. The summed E-state index contributed by atoms with van der Waals surface area (Å²) in [4.78, 5) is 2.53. The highest BCUT2D eigenvalue weighted by Gasteiger charge is 2.28. The average molecular weight is 262 g/mol. The first-order valence-electron chi connectivity index (χ1n) is 7.19. The second-order valence-electron chi connectivity index (χ2n) is 5.73. The van der Waals surface area contributed by atoms with Crippen LogP contribution in [0.25, 0.3) is 0 Å². The van der Waals surface area contributed by atoms with Crippen molar-refractivity contribution in [1.82, 2.24) is 4.90 Å². The zero-order chi connectivity index (χ0) is 14.0. The highest BCUT2D eigenvalue weighted by atomic mass is 16.5. The lowest BCUT2D eigenvalue weighted by Gasteiger charge is -2.32. The molecular weight excluding hydrogens is 236 g/mol. The molecule has 3 heteroatoms.